The van der Waals surface area contributed by atoms with E-state index in [9.17, 15) is 19.7 Å². The van der Waals surface area contributed by atoms with Crippen LogP contribution in [0.15, 0.2) is 59.8 Å². The molecule has 1 amide bonds. The highest BCUT2D eigenvalue weighted by atomic mass is 16.6. The summed E-state index contributed by atoms with van der Waals surface area (Å²) >= 11 is 0. The fourth-order valence-corrected chi connectivity index (χ4v) is 3.68. The Bertz CT molecular complexity index is 1380. The van der Waals surface area contributed by atoms with Gasteiger partial charge in [-0.25, -0.2) is 9.67 Å². The third kappa shape index (κ3) is 4.79. The molecule has 10 heteroatoms. The van der Waals surface area contributed by atoms with Gasteiger partial charge in [-0.05, 0) is 31.5 Å². The van der Waals surface area contributed by atoms with Crippen molar-refractivity contribution in [2.45, 2.75) is 26.9 Å². The number of nitrogens with one attached hydrogen (secondary N) is 1. The SMILES string of the molecule is Cc1cc(C)cc(C(=O)NCCn2ncc3c(=O)n(Cc4ccc([N+](=O)[O-])cc4)cnc32)c1. The molecule has 2 heterocycles. The second-order valence-electron chi connectivity index (χ2n) is 7.84. The predicted octanol–water partition coefficient (Wildman–Crippen LogP) is 2.60. The van der Waals surface area contributed by atoms with Crippen LogP contribution in [0.4, 0.5) is 5.69 Å². The van der Waals surface area contributed by atoms with Crippen molar-refractivity contribution in [2.75, 3.05) is 6.54 Å². The van der Waals surface area contributed by atoms with Crippen molar-refractivity contribution in [1.82, 2.24) is 24.6 Å². The molecule has 0 aliphatic rings. The summed E-state index contributed by atoms with van der Waals surface area (Å²) in [6.45, 7) is 4.81. The molecule has 4 aromatic rings. The van der Waals surface area contributed by atoms with E-state index in [1.54, 1.807) is 16.8 Å². The zero-order valence-electron chi connectivity index (χ0n) is 18.2. The number of fused-ring (bicyclic) bond motifs is 1. The van der Waals surface area contributed by atoms with Crippen LogP contribution in [0.25, 0.3) is 11.0 Å². The molecule has 0 aliphatic heterocycles. The number of amides is 1. The minimum Gasteiger partial charge on any atom is -0.350 e. The van der Waals surface area contributed by atoms with Crippen LogP contribution in [0.1, 0.15) is 27.0 Å². The van der Waals surface area contributed by atoms with Crippen LogP contribution in [0.3, 0.4) is 0 Å². The number of aryl methyl sites for hydroxylation is 2. The lowest BCUT2D eigenvalue weighted by atomic mass is 10.1. The number of hydrogen-bond acceptors (Lipinski definition) is 6. The summed E-state index contributed by atoms with van der Waals surface area (Å²) in [6, 6.07) is 11.7. The number of nitro groups is 1. The quantitative estimate of drug-likeness (QED) is 0.344. The third-order valence-corrected chi connectivity index (χ3v) is 5.22. The largest absolute Gasteiger partial charge is 0.350 e. The van der Waals surface area contributed by atoms with E-state index < -0.39 is 4.92 Å². The van der Waals surface area contributed by atoms with Gasteiger partial charge in [0.15, 0.2) is 5.65 Å². The zero-order chi connectivity index (χ0) is 23.5. The van der Waals surface area contributed by atoms with Gasteiger partial charge < -0.3 is 5.32 Å². The van der Waals surface area contributed by atoms with Gasteiger partial charge in [0.1, 0.15) is 11.7 Å². The molecule has 0 spiro atoms. The molecule has 0 radical (unpaired) electrons. The average molecular weight is 446 g/mol. The highest BCUT2D eigenvalue weighted by Crippen LogP contribution is 2.13. The van der Waals surface area contributed by atoms with E-state index in [1.165, 1.54) is 29.2 Å². The summed E-state index contributed by atoms with van der Waals surface area (Å²) in [5, 5.41) is 18.3. The summed E-state index contributed by atoms with van der Waals surface area (Å²) in [7, 11) is 0. The van der Waals surface area contributed by atoms with Crippen molar-refractivity contribution in [3.8, 4) is 0 Å². The van der Waals surface area contributed by atoms with E-state index in [0.717, 1.165) is 16.7 Å². The van der Waals surface area contributed by atoms with Crippen LogP contribution < -0.4 is 10.9 Å². The fourth-order valence-electron chi connectivity index (χ4n) is 3.68. The summed E-state index contributed by atoms with van der Waals surface area (Å²) < 4.78 is 3.01. The number of carbonyl (C=O) groups is 1. The highest BCUT2D eigenvalue weighted by molar-refractivity contribution is 5.94. The lowest BCUT2D eigenvalue weighted by molar-refractivity contribution is -0.384. The summed E-state index contributed by atoms with van der Waals surface area (Å²) in [4.78, 5) is 40.0. The van der Waals surface area contributed by atoms with Crippen molar-refractivity contribution >= 4 is 22.6 Å². The van der Waals surface area contributed by atoms with Gasteiger partial charge in [-0.1, -0.05) is 29.3 Å². The molecule has 10 nitrogen and oxygen atoms in total. The predicted molar refractivity (Wildman–Crippen MR) is 122 cm³/mol. The third-order valence-electron chi connectivity index (χ3n) is 5.22. The number of nitro benzene ring substituents is 1. The number of carbonyl (C=O) groups excluding carboxylic acids is 1. The van der Waals surface area contributed by atoms with Crippen LogP contribution in [-0.4, -0.2) is 36.7 Å². The molecule has 0 unspecified atom stereocenters. The standard InChI is InChI=1S/C23H22N6O4/c1-15-9-16(2)11-18(10-15)22(30)24-7-8-28-21-20(12-26-28)23(31)27(14-25-21)13-17-3-5-19(6-4-17)29(32)33/h3-6,9-12,14H,7-8,13H2,1-2H3,(H,24,30). The fraction of sp³-hybridized carbons (Fsp3) is 0.217. The van der Waals surface area contributed by atoms with Gasteiger partial charge in [0.25, 0.3) is 17.2 Å². The van der Waals surface area contributed by atoms with Gasteiger partial charge in [0.2, 0.25) is 0 Å². The van der Waals surface area contributed by atoms with Crippen LogP contribution in [0.5, 0.6) is 0 Å². The Morgan fingerprint density at radius 3 is 2.48 bits per heavy atom. The lowest BCUT2D eigenvalue weighted by Gasteiger charge is -2.08. The summed E-state index contributed by atoms with van der Waals surface area (Å²) in [6.07, 6.45) is 2.89. The maximum absolute atomic E-state index is 12.8. The molecule has 0 saturated heterocycles. The number of benzene rings is 2. The van der Waals surface area contributed by atoms with E-state index in [0.29, 0.717) is 29.7 Å². The molecule has 1 N–H and O–H groups in total. The first-order chi connectivity index (χ1) is 15.8. The first-order valence-electron chi connectivity index (χ1n) is 10.3. The van der Waals surface area contributed by atoms with E-state index >= 15 is 0 Å². The average Bonchev–Trinajstić information content (AvgIpc) is 3.19. The molecular formula is C23H22N6O4. The Kier molecular flexibility index (Phi) is 5.99. The Morgan fingerprint density at radius 2 is 1.82 bits per heavy atom. The highest BCUT2D eigenvalue weighted by Gasteiger charge is 2.12. The Labute approximate surface area is 188 Å². The van der Waals surface area contributed by atoms with Crippen molar-refractivity contribution < 1.29 is 9.72 Å². The Morgan fingerprint density at radius 1 is 1.12 bits per heavy atom. The van der Waals surface area contributed by atoms with Gasteiger partial charge in [0, 0.05) is 24.2 Å². The topological polar surface area (TPSA) is 125 Å². The van der Waals surface area contributed by atoms with Crippen LogP contribution in [0, 0.1) is 24.0 Å². The molecule has 0 fully saturated rings. The Balaban J connectivity index is 1.45. The minimum atomic E-state index is -0.470. The number of hydrogen-bond donors (Lipinski definition) is 1. The molecule has 2 aromatic carbocycles. The van der Waals surface area contributed by atoms with E-state index in [-0.39, 0.29) is 23.7 Å². The Hall–Kier alpha value is -4.34. The maximum Gasteiger partial charge on any atom is 0.269 e. The van der Waals surface area contributed by atoms with Gasteiger partial charge in [0.05, 0.1) is 24.2 Å². The normalized spacial score (nSPS) is 11.0. The summed E-state index contributed by atoms with van der Waals surface area (Å²) in [5.74, 6) is -0.170. The van der Waals surface area contributed by atoms with Crippen LogP contribution in [-0.2, 0) is 13.1 Å². The first kappa shape index (κ1) is 21.9. The van der Waals surface area contributed by atoms with Crippen molar-refractivity contribution in [3.05, 3.63) is 97.7 Å². The lowest BCUT2D eigenvalue weighted by Crippen LogP contribution is -2.28. The van der Waals surface area contributed by atoms with Crippen LogP contribution >= 0.6 is 0 Å². The van der Waals surface area contributed by atoms with Crippen molar-refractivity contribution in [1.29, 1.82) is 0 Å². The number of aromatic nitrogens is 4. The molecule has 2 aromatic heterocycles. The van der Waals surface area contributed by atoms with E-state index in [2.05, 4.69) is 15.4 Å². The number of rotatable bonds is 7. The molecule has 4 rings (SSSR count). The number of non-ortho nitro benzene ring substituents is 1. The molecule has 0 aliphatic carbocycles. The minimum absolute atomic E-state index is 0.00873. The second kappa shape index (κ2) is 9.03. The molecule has 0 bridgehead atoms. The molecule has 168 valence electrons. The molecule has 0 saturated carbocycles. The monoisotopic (exact) mass is 446 g/mol. The van der Waals surface area contributed by atoms with Crippen molar-refractivity contribution in [2.24, 2.45) is 0 Å². The molecule has 33 heavy (non-hydrogen) atoms. The van der Waals surface area contributed by atoms with E-state index in [4.69, 9.17) is 0 Å². The molecular weight excluding hydrogens is 424 g/mol. The molecule has 0 atom stereocenters. The van der Waals surface area contributed by atoms with E-state index in [1.807, 2.05) is 32.0 Å². The zero-order valence-corrected chi connectivity index (χ0v) is 18.2. The number of nitrogens with zero attached hydrogens (tertiary/aromatic N) is 5. The first-order valence-corrected chi connectivity index (χ1v) is 10.3. The van der Waals surface area contributed by atoms with Crippen LogP contribution in [0.2, 0.25) is 0 Å². The van der Waals surface area contributed by atoms with Gasteiger partial charge in [-0.15, -0.1) is 0 Å². The second-order valence-corrected chi connectivity index (χ2v) is 7.84. The van der Waals surface area contributed by atoms with Crippen molar-refractivity contribution in [3.63, 3.8) is 0 Å². The van der Waals surface area contributed by atoms with Gasteiger partial charge in [-0.2, -0.15) is 5.10 Å². The van der Waals surface area contributed by atoms with Gasteiger partial charge >= 0.3 is 0 Å². The summed E-state index contributed by atoms with van der Waals surface area (Å²) in [5.41, 5.74) is 3.55. The van der Waals surface area contributed by atoms with Gasteiger partial charge in [-0.3, -0.25) is 24.3 Å². The maximum atomic E-state index is 12.8. The smallest absolute Gasteiger partial charge is 0.269 e.